The zero-order valence-corrected chi connectivity index (χ0v) is 14.1. The summed E-state index contributed by atoms with van der Waals surface area (Å²) in [6.07, 6.45) is 5.60. The third-order valence-electron chi connectivity index (χ3n) is 2.89. The second-order valence-corrected chi connectivity index (χ2v) is 6.08. The summed E-state index contributed by atoms with van der Waals surface area (Å²) in [5, 5.41) is 7.69. The van der Waals surface area contributed by atoms with E-state index in [0.717, 1.165) is 12.1 Å². The van der Waals surface area contributed by atoms with Gasteiger partial charge in [0.05, 0.1) is 0 Å². The van der Waals surface area contributed by atoms with Crippen molar-refractivity contribution in [1.82, 2.24) is 10.7 Å². The van der Waals surface area contributed by atoms with Crippen LogP contribution in [0.15, 0.2) is 35.4 Å². The number of hydrazone groups is 1. The van der Waals surface area contributed by atoms with Crippen LogP contribution in [-0.2, 0) is 0 Å². The highest BCUT2D eigenvalue weighted by atomic mass is 32.1. The lowest BCUT2D eigenvalue weighted by atomic mass is 10.0. The predicted octanol–water partition coefficient (Wildman–Crippen LogP) is 3.93. The van der Waals surface area contributed by atoms with E-state index in [1.165, 1.54) is 5.56 Å². The van der Waals surface area contributed by atoms with E-state index in [1.807, 2.05) is 12.2 Å². The van der Waals surface area contributed by atoms with E-state index >= 15 is 0 Å². The monoisotopic (exact) mass is 303 g/mol. The van der Waals surface area contributed by atoms with Crippen molar-refractivity contribution < 1.29 is 0 Å². The fourth-order valence-corrected chi connectivity index (χ4v) is 1.76. The molecule has 0 amide bonds. The second-order valence-electron chi connectivity index (χ2n) is 5.67. The molecule has 0 aromatic heterocycles. The molecule has 1 aromatic rings. The van der Waals surface area contributed by atoms with Crippen LogP contribution < -0.4 is 10.7 Å². The van der Waals surface area contributed by atoms with Crippen molar-refractivity contribution in [2.75, 3.05) is 6.54 Å². The zero-order chi connectivity index (χ0) is 15.7. The SMILES string of the molecule is CC(C)CNC(=S)N/N=C/C=C/c1ccc(C(C)C)cc1. The van der Waals surface area contributed by atoms with Gasteiger partial charge in [-0.25, -0.2) is 0 Å². The maximum absolute atomic E-state index is 5.09. The van der Waals surface area contributed by atoms with E-state index in [0.29, 0.717) is 16.9 Å². The molecule has 1 rings (SSSR count). The van der Waals surface area contributed by atoms with Gasteiger partial charge in [0.2, 0.25) is 0 Å². The normalized spacial score (nSPS) is 11.7. The minimum Gasteiger partial charge on any atom is -0.361 e. The van der Waals surface area contributed by atoms with Gasteiger partial charge in [-0.3, -0.25) is 5.43 Å². The molecule has 0 aliphatic heterocycles. The number of nitrogens with one attached hydrogen (secondary N) is 2. The average Bonchev–Trinajstić information content (AvgIpc) is 2.45. The van der Waals surface area contributed by atoms with Crippen molar-refractivity contribution in [1.29, 1.82) is 0 Å². The summed E-state index contributed by atoms with van der Waals surface area (Å²) in [7, 11) is 0. The maximum atomic E-state index is 5.09. The van der Waals surface area contributed by atoms with Crippen LogP contribution >= 0.6 is 12.2 Å². The minimum atomic E-state index is 0.551. The van der Waals surface area contributed by atoms with E-state index in [1.54, 1.807) is 6.21 Å². The van der Waals surface area contributed by atoms with E-state index in [4.69, 9.17) is 12.2 Å². The van der Waals surface area contributed by atoms with Crippen molar-refractivity contribution in [3.8, 4) is 0 Å². The average molecular weight is 303 g/mol. The van der Waals surface area contributed by atoms with Crippen LogP contribution in [0.25, 0.3) is 6.08 Å². The van der Waals surface area contributed by atoms with Crippen LogP contribution in [-0.4, -0.2) is 17.9 Å². The summed E-state index contributed by atoms with van der Waals surface area (Å²) in [6.45, 7) is 9.50. The lowest BCUT2D eigenvalue weighted by molar-refractivity contribution is 0.621. The van der Waals surface area contributed by atoms with E-state index < -0.39 is 0 Å². The van der Waals surface area contributed by atoms with Crippen molar-refractivity contribution in [3.05, 3.63) is 41.5 Å². The summed E-state index contributed by atoms with van der Waals surface area (Å²) in [6, 6.07) is 8.54. The first-order chi connectivity index (χ1) is 9.99. The Kier molecular flexibility index (Phi) is 7.69. The molecule has 0 unspecified atom stereocenters. The highest BCUT2D eigenvalue weighted by Crippen LogP contribution is 2.15. The number of thiocarbonyl (C=S) groups is 1. The minimum absolute atomic E-state index is 0.551. The van der Waals surface area contributed by atoms with Crippen molar-refractivity contribution in [2.45, 2.75) is 33.6 Å². The van der Waals surface area contributed by atoms with Gasteiger partial charge in [0.15, 0.2) is 5.11 Å². The Labute approximate surface area is 133 Å². The largest absolute Gasteiger partial charge is 0.361 e. The van der Waals surface area contributed by atoms with Crippen molar-refractivity contribution >= 4 is 29.6 Å². The first-order valence-corrected chi connectivity index (χ1v) is 7.73. The molecule has 114 valence electrons. The molecule has 0 atom stereocenters. The molecule has 4 heteroatoms. The summed E-state index contributed by atoms with van der Waals surface area (Å²) < 4.78 is 0. The van der Waals surface area contributed by atoms with E-state index in [9.17, 15) is 0 Å². The second kappa shape index (κ2) is 9.29. The number of nitrogens with zero attached hydrogens (tertiary/aromatic N) is 1. The Bertz CT molecular complexity index is 487. The molecule has 0 saturated carbocycles. The van der Waals surface area contributed by atoms with Gasteiger partial charge in [0, 0.05) is 12.8 Å². The molecular weight excluding hydrogens is 278 g/mol. The molecule has 0 fully saturated rings. The van der Waals surface area contributed by atoms with Gasteiger partial charge in [0.25, 0.3) is 0 Å². The van der Waals surface area contributed by atoms with Gasteiger partial charge in [-0.15, -0.1) is 0 Å². The fraction of sp³-hybridized carbons (Fsp3) is 0.412. The van der Waals surface area contributed by atoms with Gasteiger partial charge in [-0.05, 0) is 41.3 Å². The lowest BCUT2D eigenvalue weighted by Gasteiger charge is -2.08. The molecule has 0 heterocycles. The van der Waals surface area contributed by atoms with Crippen molar-refractivity contribution in [3.63, 3.8) is 0 Å². The van der Waals surface area contributed by atoms with E-state index in [-0.39, 0.29) is 0 Å². The zero-order valence-electron chi connectivity index (χ0n) is 13.3. The van der Waals surface area contributed by atoms with Crippen molar-refractivity contribution in [2.24, 2.45) is 11.0 Å². The van der Waals surface area contributed by atoms with Gasteiger partial charge >= 0.3 is 0 Å². The first-order valence-electron chi connectivity index (χ1n) is 7.32. The van der Waals surface area contributed by atoms with Crippen LogP contribution in [0, 0.1) is 5.92 Å². The van der Waals surface area contributed by atoms with Crippen LogP contribution in [0.3, 0.4) is 0 Å². The first kappa shape index (κ1) is 17.4. The van der Waals surface area contributed by atoms with Crippen LogP contribution in [0.5, 0.6) is 0 Å². The molecule has 0 radical (unpaired) electrons. The molecule has 0 aliphatic carbocycles. The molecule has 2 N–H and O–H groups in total. The Morgan fingerprint density at radius 2 is 1.86 bits per heavy atom. The molecule has 3 nitrogen and oxygen atoms in total. The summed E-state index contributed by atoms with van der Waals surface area (Å²) in [4.78, 5) is 0. The Morgan fingerprint density at radius 3 is 2.43 bits per heavy atom. The summed E-state index contributed by atoms with van der Waals surface area (Å²) in [5.74, 6) is 1.12. The van der Waals surface area contributed by atoms with Crippen LogP contribution in [0.1, 0.15) is 44.7 Å². The Morgan fingerprint density at radius 1 is 1.19 bits per heavy atom. The van der Waals surface area contributed by atoms with Gasteiger partial charge in [0.1, 0.15) is 0 Å². The molecule has 0 aliphatic rings. The number of hydrogen-bond acceptors (Lipinski definition) is 2. The quantitative estimate of drug-likeness (QED) is 0.475. The molecule has 0 saturated heterocycles. The van der Waals surface area contributed by atoms with Gasteiger partial charge in [-0.2, -0.15) is 5.10 Å². The highest BCUT2D eigenvalue weighted by molar-refractivity contribution is 7.80. The molecule has 1 aromatic carbocycles. The van der Waals surface area contributed by atoms with Crippen LogP contribution in [0.4, 0.5) is 0 Å². The summed E-state index contributed by atoms with van der Waals surface area (Å²) in [5.41, 5.74) is 5.30. The topological polar surface area (TPSA) is 36.4 Å². The van der Waals surface area contributed by atoms with E-state index in [2.05, 4.69) is 67.8 Å². The number of benzene rings is 1. The third kappa shape index (κ3) is 7.61. The highest BCUT2D eigenvalue weighted by Gasteiger charge is 1.97. The maximum Gasteiger partial charge on any atom is 0.186 e. The van der Waals surface area contributed by atoms with Crippen LogP contribution in [0.2, 0.25) is 0 Å². The molecule has 0 bridgehead atoms. The standard InChI is InChI=1S/C17H25N3S/c1-13(2)12-18-17(21)20-19-11-5-6-15-7-9-16(10-8-15)14(3)4/h5-11,13-14H,12H2,1-4H3,(H2,18,20,21)/b6-5+,19-11+. The molecule has 0 spiro atoms. The smallest absolute Gasteiger partial charge is 0.186 e. The lowest BCUT2D eigenvalue weighted by Crippen LogP contribution is -2.34. The summed E-state index contributed by atoms with van der Waals surface area (Å²) >= 11 is 5.09. The predicted molar refractivity (Wildman–Crippen MR) is 96.6 cm³/mol. The number of rotatable bonds is 6. The third-order valence-corrected chi connectivity index (χ3v) is 3.12. The number of hydrogen-bond donors (Lipinski definition) is 2. The Hall–Kier alpha value is -1.68. The molecule has 21 heavy (non-hydrogen) atoms. The van der Waals surface area contributed by atoms with Gasteiger partial charge in [-0.1, -0.05) is 58.0 Å². The fourth-order valence-electron chi connectivity index (χ4n) is 1.62. The van der Waals surface area contributed by atoms with Gasteiger partial charge < -0.3 is 5.32 Å². The number of allylic oxidation sites excluding steroid dienone is 1. The molecular formula is C17H25N3S. The Balaban J connectivity index is 2.36.